The first kappa shape index (κ1) is 20.3. The molecule has 0 fully saturated rings. The summed E-state index contributed by atoms with van der Waals surface area (Å²) in [5.41, 5.74) is -6.95. The molecule has 0 aliphatic heterocycles. The van der Waals surface area contributed by atoms with Gasteiger partial charge in [-0.3, -0.25) is 4.98 Å². The minimum absolute atomic E-state index is 0. The molecule has 0 bridgehead atoms. The van der Waals surface area contributed by atoms with Crippen molar-refractivity contribution in [3.63, 3.8) is 0 Å². The maximum Gasteiger partial charge on any atom is 0.432 e. The SMILES string of the molecule is CC(C)(C)c1ccnc(C(O)(C(F)(F)F)C(F)(F)F)c1.[Li]. The van der Waals surface area contributed by atoms with Crippen LogP contribution in [0.2, 0.25) is 0 Å². The van der Waals surface area contributed by atoms with Gasteiger partial charge >= 0.3 is 12.4 Å². The van der Waals surface area contributed by atoms with Crippen molar-refractivity contribution >= 4 is 18.9 Å². The fourth-order valence-corrected chi connectivity index (χ4v) is 1.55. The topological polar surface area (TPSA) is 33.1 Å². The molecule has 0 saturated heterocycles. The van der Waals surface area contributed by atoms with Crippen LogP contribution in [0, 0.1) is 0 Å². The minimum Gasteiger partial charge on any atom is -0.368 e. The Morgan fingerprint density at radius 1 is 0.952 bits per heavy atom. The Kier molecular flexibility index (Phi) is 5.62. The number of alkyl halides is 6. The van der Waals surface area contributed by atoms with Gasteiger partial charge in [0.2, 0.25) is 0 Å². The van der Waals surface area contributed by atoms with Crippen LogP contribution in [-0.2, 0) is 11.0 Å². The van der Waals surface area contributed by atoms with Crippen molar-refractivity contribution in [2.45, 2.75) is 44.1 Å². The molecule has 0 unspecified atom stereocenters. The third kappa shape index (κ3) is 3.73. The fraction of sp³-hybridized carbons (Fsp3) is 0.583. The van der Waals surface area contributed by atoms with Crippen molar-refractivity contribution < 1.29 is 31.4 Å². The van der Waals surface area contributed by atoms with Crippen molar-refractivity contribution in [2.75, 3.05) is 0 Å². The van der Waals surface area contributed by atoms with Gasteiger partial charge < -0.3 is 5.11 Å². The summed E-state index contributed by atoms with van der Waals surface area (Å²) in [6.45, 7) is 4.85. The zero-order valence-electron chi connectivity index (χ0n) is 11.9. The number of pyridine rings is 1. The van der Waals surface area contributed by atoms with Crippen LogP contribution in [-0.4, -0.2) is 41.3 Å². The van der Waals surface area contributed by atoms with E-state index in [-0.39, 0.29) is 24.4 Å². The van der Waals surface area contributed by atoms with Gasteiger partial charge in [0.05, 0.1) is 5.69 Å². The molecule has 9 heteroatoms. The largest absolute Gasteiger partial charge is 0.432 e. The second kappa shape index (κ2) is 5.82. The molecule has 0 atom stereocenters. The van der Waals surface area contributed by atoms with Gasteiger partial charge in [-0.15, -0.1) is 0 Å². The van der Waals surface area contributed by atoms with E-state index in [4.69, 9.17) is 0 Å². The summed E-state index contributed by atoms with van der Waals surface area (Å²) in [7, 11) is 0. The van der Waals surface area contributed by atoms with Crippen LogP contribution in [0.3, 0.4) is 0 Å². The number of hydrogen-bond donors (Lipinski definition) is 1. The molecular formula is C12H13F6LiNO. The number of halogens is 6. The smallest absolute Gasteiger partial charge is 0.368 e. The molecule has 1 rings (SSSR count). The van der Waals surface area contributed by atoms with E-state index in [0.29, 0.717) is 6.07 Å². The Balaban J connectivity index is 0.00000400. The molecule has 0 spiro atoms. The summed E-state index contributed by atoms with van der Waals surface area (Å²) in [6.07, 6.45) is -11.0. The van der Waals surface area contributed by atoms with Gasteiger partial charge in [0.1, 0.15) is 0 Å². The first-order chi connectivity index (χ1) is 8.71. The standard InChI is InChI=1S/C12H13F6NO.Li/c1-9(2,3)7-4-5-19-8(6-7)10(20,11(13,14)15)12(16,17)18;/h4-6,20H,1-3H3;. The molecule has 1 N–H and O–H groups in total. The summed E-state index contributed by atoms with van der Waals surface area (Å²) < 4.78 is 76.2. The minimum atomic E-state index is -5.92. The number of nitrogens with zero attached hydrogens (tertiary/aromatic N) is 1. The van der Waals surface area contributed by atoms with E-state index in [1.54, 1.807) is 20.8 Å². The van der Waals surface area contributed by atoms with Crippen LogP contribution >= 0.6 is 0 Å². The molecule has 0 saturated carbocycles. The molecule has 1 aromatic rings. The second-order valence-electron chi connectivity index (χ2n) is 5.39. The first-order valence-corrected chi connectivity index (χ1v) is 5.54. The first-order valence-electron chi connectivity index (χ1n) is 5.54. The Morgan fingerprint density at radius 3 is 1.71 bits per heavy atom. The van der Waals surface area contributed by atoms with Crippen molar-refractivity contribution in [1.29, 1.82) is 0 Å². The summed E-state index contributed by atoms with van der Waals surface area (Å²) in [4.78, 5) is 3.07. The van der Waals surface area contributed by atoms with Crippen LogP contribution in [0.1, 0.15) is 32.0 Å². The summed E-state index contributed by atoms with van der Waals surface area (Å²) in [6, 6.07) is 1.93. The third-order valence-electron chi connectivity index (χ3n) is 2.82. The van der Waals surface area contributed by atoms with Gasteiger partial charge in [-0.1, -0.05) is 20.8 Å². The van der Waals surface area contributed by atoms with Gasteiger partial charge in [-0.2, -0.15) is 26.3 Å². The molecule has 1 radical (unpaired) electrons. The summed E-state index contributed by atoms with van der Waals surface area (Å²) in [5, 5.41) is 9.23. The van der Waals surface area contributed by atoms with Crippen molar-refractivity contribution in [3.05, 3.63) is 29.6 Å². The second-order valence-corrected chi connectivity index (χ2v) is 5.39. The zero-order chi connectivity index (χ0) is 16.0. The van der Waals surface area contributed by atoms with E-state index < -0.39 is 29.1 Å². The van der Waals surface area contributed by atoms with Crippen molar-refractivity contribution in [2.24, 2.45) is 0 Å². The number of aliphatic hydroxyl groups is 1. The Labute approximate surface area is 129 Å². The van der Waals surface area contributed by atoms with Crippen LogP contribution in [0.5, 0.6) is 0 Å². The van der Waals surface area contributed by atoms with E-state index in [2.05, 4.69) is 4.98 Å². The summed E-state index contributed by atoms with van der Waals surface area (Å²) in [5.74, 6) is 0. The maximum absolute atomic E-state index is 12.7. The average Bonchev–Trinajstić information content (AvgIpc) is 2.24. The Hall–Kier alpha value is -0.713. The van der Waals surface area contributed by atoms with Gasteiger partial charge in [-0.05, 0) is 23.1 Å². The normalized spacial score (nSPS) is 13.8. The molecule has 0 aliphatic rings. The molecule has 0 amide bonds. The predicted octanol–water partition coefficient (Wildman–Crippen LogP) is 3.31. The third-order valence-corrected chi connectivity index (χ3v) is 2.82. The van der Waals surface area contributed by atoms with Crippen molar-refractivity contribution in [1.82, 2.24) is 4.98 Å². The van der Waals surface area contributed by atoms with Crippen LogP contribution < -0.4 is 0 Å². The number of aromatic nitrogens is 1. The maximum atomic E-state index is 12.7. The predicted molar refractivity (Wildman–Crippen MR) is 64.7 cm³/mol. The van der Waals surface area contributed by atoms with E-state index in [1.807, 2.05) is 0 Å². The van der Waals surface area contributed by atoms with Crippen LogP contribution in [0.25, 0.3) is 0 Å². The molecule has 0 aliphatic carbocycles. The molecule has 1 aromatic heterocycles. The van der Waals surface area contributed by atoms with Gasteiger partial charge in [-0.25, -0.2) is 0 Å². The van der Waals surface area contributed by atoms with Gasteiger partial charge in [0.25, 0.3) is 5.60 Å². The van der Waals surface area contributed by atoms with Crippen molar-refractivity contribution in [3.8, 4) is 0 Å². The Bertz CT molecular complexity index is 478. The van der Waals surface area contributed by atoms with Gasteiger partial charge in [0, 0.05) is 25.1 Å². The average molecular weight is 308 g/mol. The molecule has 115 valence electrons. The van der Waals surface area contributed by atoms with E-state index in [9.17, 15) is 31.4 Å². The van der Waals surface area contributed by atoms with E-state index in [1.165, 1.54) is 6.07 Å². The fourth-order valence-electron chi connectivity index (χ4n) is 1.55. The molecular weight excluding hydrogens is 295 g/mol. The van der Waals surface area contributed by atoms with Crippen LogP contribution in [0.4, 0.5) is 26.3 Å². The van der Waals surface area contributed by atoms with Crippen LogP contribution in [0.15, 0.2) is 18.3 Å². The van der Waals surface area contributed by atoms with Gasteiger partial charge in [0.15, 0.2) is 0 Å². The quantitative estimate of drug-likeness (QED) is 0.638. The summed E-state index contributed by atoms with van der Waals surface area (Å²) >= 11 is 0. The zero-order valence-corrected chi connectivity index (χ0v) is 11.9. The van der Waals surface area contributed by atoms with E-state index in [0.717, 1.165) is 6.20 Å². The number of rotatable bonds is 1. The molecule has 0 aromatic carbocycles. The molecule has 1 heterocycles. The molecule has 2 nitrogen and oxygen atoms in total. The monoisotopic (exact) mass is 308 g/mol. The van der Waals surface area contributed by atoms with E-state index >= 15 is 0 Å². The number of hydrogen-bond acceptors (Lipinski definition) is 2. The Morgan fingerprint density at radius 2 is 1.38 bits per heavy atom. The molecule has 21 heavy (non-hydrogen) atoms.